The van der Waals surface area contributed by atoms with Gasteiger partial charge in [0.2, 0.25) is 0 Å². The van der Waals surface area contributed by atoms with E-state index in [1.54, 1.807) is 6.20 Å². The summed E-state index contributed by atoms with van der Waals surface area (Å²) in [6.45, 7) is 7.35. The van der Waals surface area contributed by atoms with Gasteiger partial charge in [0.1, 0.15) is 5.82 Å². The van der Waals surface area contributed by atoms with Gasteiger partial charge < -0.3 is 10.5 Å². The Morgan fingerprint density at radius 2 is 2.22 bits per heavy atom. The molecule has 100 valence electrons. The molecule has 2 N–H and O–H groups in total. The van der Waals surface area contributed by atoms with Gasteiger partial charge in [-0.2, -0.15) is 0 Å². The van der Waals surface area contributed by atoms with Gasteiger partial charge in [-0.25, -0.2) is 15.0 Å². The first-order chi connectivity index (χ1) is 8.70. The van der Waals surface area contributed by atoms with Crippen molar-refractivity contribution in [1.82, 2.24) is 15.0 Å². The molecular formula is C12H19BrN4O. The Bertz CT molecular complexity index is 396. The lowest BCUT2D eigenvalue weighted by atomic mass is 10.2. The number of nitrogens with two attached hydrogens (primary N) is 1. The second-order valence-electron chi connectivity index (χ2n) is 4.24. The van der Waals surface area contributed by atoms with Gasteiger partial charge in [-0.15, -0.1) is 0 Å². The molecule has 0 unspecified atom stereocenters. The Kier molecular flexibility index (Phi) is 4.94. The highest BCUT2D eigenvalue weighted by molar-refractivity contribution is 9.10. The van der Waals surface area contributed by atoms with Crippen LogP contribution in [0.1, 0.15) is 12.5 Å². The summed E-state index contributed by atoms with van der Waals surface area (Å²) < 4.78 is 6.34. The van der Waals surface area contributed by atoms with Gasteiger partial charge in [-0.3, -0.25) is 0 Å². The van der Waals surface area contributed by atoms with Gasteiger partial charge in [0.05, 0.1) is 13.2 Å². The second kappa shape index (κ2) is 6.47. The summed E-state index contributed by atoms with van der Waals surface area (Å²) in [6, 6.07) is 2.03. The summed E-state index contributed by atoms with van der Waals surface area (Å²) in [7, 11) is 0. The fraction of sp³-hybridized carbons (Fsp3) is 0.583. The van der Waals surface area contributed by atoms with Crippen molar-refractivity contribution in [2.24, 2.45) is 0 Å². The van der Waals surface area contributed by atoms with Gasteiger partial charge in [-0.05, 0) is 22.0 Å². The highest BCUT2D eigenvalue weighted by Gasteiger charge is 2.18. The molecule has 0 spiro atoms. The van der Waals surface area contributed by atoms with Crippen LogP contribution >= 0.6 is 15.9 Å². The number of aromatic nitrogens is 1. The molecule has 5 nitrogen and oxygen atoms in total. The molecule has 0 radical (unpaired) electrons. The lowest BCUT2D eigenvalue weighted by molar-refractivity contribution is -0.0925. The third kappa shape index (κ3) is 3.41. The minimum Gasteiger partial charge on any atom is -0.383 e. The van der Waals surface area contributed by atoms with E-state index in [1.165, 1.54) is 0 Å². The molecule has 0 atom stereocenters. The molecule has 2 heterocycles. The van der Waals surface area contributed by atoms with Crippen LogP contribution < -0.4 is 5.73 Å². The predicted octanol–water partition coefficient (Wildman–Crippen LogP) is 1.50. The number of morpholine rings is 1. The van der Waals surface area contributed by atoms with E-state index in [1.807, 2.05) is 6.07 Å². The number of hydrazine groups is 1. The number of hydrogen-bond donors (Lipinski definition) is 1. The van der Waals surface area contributed by atoms with Crippen LogP contribution in [0.4, 0.5) is 5.82 Å². The third-order valence-corrected chi connectivity index (χ3v) is 3.51. The van der Waals surface area contributed by atoms with Gasteiger partial charge in [0.25, 0.3) is 0 Å². The Hall–Kier alpha value is -0.690. The van der Waals surface area contributed by atoms with Gasteiger partial charge in [0, 0.05) is 42.4 Å². The third-order valence-electron chi connectivity index (χ3n) is 3.07. The van der Waals surface area contributed by atoms with Crippen LogP contribution in [0.2, 0.25) is 0 Å². The predicted molar refractivity (Wildman–Crippen MR) is 74.8 cm³/mol. The van der Waals surface area contributed by atoms with Gasteiger partial charge >= 0.3 is 0 Å². The van der Waals surface area contributed by atoms with Crippen LogP contribution in [-0.4, -0.2) is 47.8 Å². The standard InChI is InChI=1S/C12H19BrN4O/c1-2-16(17-3-5-18-6-4-17)9-10-7-11(13)8-15-12(10)14/h7-8H,2-6,9H2,1H3,(H2,14,15). The molecule has 6 heteroatoms. The molecule has 1 saturated heterocycles. The molecule has 1 aromatic heterocycles. The topological polar surface area (TPSA) is 54.6 Å². The lowest BCUT2D eigenvalue weighted by Gasteiger charge is -2.36. The average molecular weight is 315 g/mol. The molecule has 2 rings (SSSR count). The Balaban J connectivity index is 2.06. The van der Waals surface area contributed by atoms with Crippen molar-refractivity contribution >= 4 is 21.7 Å². The van der Waals surface area contributed by atoms with Crippen molar-refractivity contribution in [2.45, 2.75) is 13.5 Å². The molecule has 0 bridgehead atoms. The van der Waals surface area contributed by atoms with E-state index in [0.717, 1.165) is 49.4 Å². The van der Waals surface area contributed by atoms with Crippen molar-refractivity contribution in [1.29, 1.82) is 0 Å². The molecule has 1 aliphatic rings. The zero-order valence-electron chi connectivity index (χ0n) is 10.6. The monoisotopic (exact) mass is 314 g/mol. The summed E-state index contributed by atoms with van der Waals surface area (Å²) in [5, 5.41) is 4.62. The van der Waals surface area contributed by atoms with E-state index in [9.17, 15) is 0 Å². The number of hydrogen-bond acceptors (Lipinski definition) is 5. The molecule has 0 amide bonds. The summed E-state index contributed by atoms with van der Waals surface area (Å²) in [6.07, 6.45) is 1.73. The van der Waals surface area contributed by atoms with E-state index in [-0.39, 0.29) is 0 Å². The van der Waals surface area contributed by atoms with Crippen molar-refractivity contribution in [2.75, 3.05) is 38.6 Å². The molecule has 18 heavy (non-hydrogen) atoms. The minimum atomic E-state index is 0.602. The van der Waals surface area contributed by atoms with Crippen LogP contribution in [0, 0.1) is 0 Å². The number of pyridine rings is 1. The molecule has 1 aliphatic heterocycles. The largest absolute Gasteiger partial charge is 0.383 e. The number of anilines is 1. The Morgan fingerprint density at radius 1 is 1.50 bits per heavy atom. The zero-order chi connectivity index (χ0) is 13.0. The summed E-state index contributed by atoms with van der Waals surface area (Å²) >= 11 is 3.43. The fourth-order valence-corrected chi connectivity index (χ4v) is 2.44. The summed E-state index contributed by atoms with van der Waals surface area (Å²) in [4.78, 5) is 4.17. The summed E-state index contributed by atoms with van der Waals surface area (Å²) in [5.74, 6) is 0.602. The molecule has 0 aromatic carbocycles. The maximum absolute atomic E-state index is 5.92. The number of halogens is 1. The van der Waals surface area contributed by atoms with E-state index in [0.29, 0.717) is 5.82 Å². The zero-order valence-corrected chi connectivity index (χ0v) is 12.2. The molecule has 1 fully saturated rings. The van der Waals surface area contributed by atoms with Crippen molar-refractivity contribution in [3.8, 4) is 0 Å². The minimum absolute atomic E-state index is 0.602. The molecule has 1 aromatic rings. The van der Waals surface area contributed by atoms with Crippen molar-refractivity contribution in [3.63, 3.8) is 0 Å². The highest BCUT2D eigenvalue weighted by Crippen LogP contribution is 2.18. The van der Waals surface area contributed by atoms with Crippen LogP contribution in [0.5, 0.6) is 0 Å². The van der Waals surface area contributed by atoms with Crippen LogP contribution in [0.3, 0.4) is 0 Å². The number of rotatable bonds is 4. The highest BCUT2D eigenvalue weighted by atomic mass is 79.9. The number of ether oxygens (including phenoxy) is 1. The maximum atomic E-state index is 5.92. The van der Waals surface area contributed by atoms with E-state index < -0.39 is 0 Å². The molecule has 0 aliphatic carbocycles. The molecular weight excluding hydrogens is 296 g/mol. The van der Waals surface area contributed by atoms with Gasteiger partial charge in [-0.1, -0.05) is 6.92 Å². The first kappa shape index (κ1) is 13.7. The summed E-state index contributed by atoms with van der Waals surface area (Å²) in [5.41, 5.74) is 6.97. The first-order valence-corrected chi connectivity index (χ1v) is 6.97. The average Bonchev–Trinajstić information content (AvgIpc) is 2.41. The van der Waals surface area contributed by atoms with E-state index >= 15 is 0 Å². The van der Waals surface area contributed by atoms with Crippen LogP contribution in [0.15, 0.2) is 16.7 Å². The van der Waals surface area contributed by atoms with Crippen molar-refractivity contribution in [3.05, 3.63) is 22.3 Å². The quantitative estimate of drug-likeness (QED) is 0.912. The smallest absolute Gasteiger partial charge is 0.127 e. The van der Waals surface area contributed by atoms with Crippen molar-refractivity contribution < 1.29 is 4.74 Å². The normalized spacial score (nSPS) is 17.3. The molecule has 0 saturated carbocycles. The SMILES string of the molecule is CCN(Cc1cc(Br)cnc1N)N1CCOCC1. The van der Waals surface area contributed by atoms with E-state index in [2.05, 4.69) is 37.9 Å². The second-order valence-corrected chi connectivity index (χ2v) is 5.16. The number of nitrogen functional groups attached to an aromatic ring is 1. The van der Waals surface area contributed by atoms with Crippen LogP contribution in [0.25, 0.3) is 0 Å². The fourth-order valence-electron chi connectivity index (χ4n) is 2.06. The van der Waals surface area contributed by atoms with Crippen LogP contribution in [-0.2, 0) is 11.3 Å². The first-order valence-electron chi connectivity index (χ1n) is 6.18. The lowest BCUT2D eigenvalue weighted by Crippen LogP contribution is -2.48. The van der Waals surface area contributed by atoms with E-state index in [4.69, 9.17) is 10.5 Å². The number of nitrogens with zero attached hydrogens (tertiary/aromatic N) is 3. The maximum Gasteiger partial charge on any atom is 0.127 e. The Morgan fingerprint density at radius 3 is 2.89 bits per heavy atom. The Labute approximate surface area is 116 Å². The van der Waals surface area contributed by atoms with Gasteiger partial charge in [0.15, 0.2) is 0 Å².